The highest BCUT2D eigenvalue weighted by Crippen LogP contribution is 2.26. The summed E-state index contributed by atoms with van der Waals surface area (Å²) >= 11 is 1.16. The highest BCUT2D eigenvalue weighted by molar-refractivity contribution is 7.15. The van der Waals surface area contributed by atoms with Gasteiger partial charge in [0.2, 0.25) is 0 Å². The number of halogens is 3. The van der Waals surface area contributed by atoms with Crippen LogP contribution < -0.4 is 5.32 Å². The molecule has 2 rings (SSSR count). The number of anilines is 1. The molecule has 0 aliphatic heterocycles. The zero-order valence-corrected chi connectivity index (χ0v) is 15.2. The summed E-state index contributed by atoms with van der Waals surface area (Å²) in [6, 6.07) is 5.60. The second kappa shape index (κ2) is 9.00. The zero-order chi connectivity index (χ0) is 19.3. The molecule has 9 heteroatoms. The number of carbonyl (C=O) groups is 1. The van der Waals surface area contributed by atoms with Gasteiger partial charge in [-0.05, 0) is 25.5 Å². The van der Waals surface area contributed by atoms with Crippen LogP contribution in [0.25, 0.3) is 0 Å². The van der Waals surface area contributed by atoms with Crippen molar-refractivity contribution in [3.8, 4) is 0 Å². The number of rotatable bonds is 7. The number of aliphatic hydroxyl groups is 1. The minimum atomic E-state index is -2.71. The number of aliphatic hydroxyl groups excluding tert-OH is 1. The first-order valence-electron chi connectivity index (χ1n) is 7.98. The van der Waals surface area contributed by atoms with Gasteiger partial charge in [-0.15, -0.1) is 11.3 Å². The van der Waals surface area contributed by atoms with Crippen LogP contribution in [0.4, 0.5) is 23.1 Å². The number of urea groups is 1. The Morgan fingerprint density at radius 3 is 2.65 bits per heavy atom. The maximum absolute atomic E-state index is 13.8. The molecule has 0 bridgehead atoms. The summed E-state index contributed by atoms with van der Waals surface area (Å²) in [5.41, 5.74) is 1.13. The maximum atomic E-state index is 13.8. The molecular formula is C17H20F3N3O2S. The third-order valence-corrected chi connectivity index (χ3v) is 4.62. The zero-order valence-electron chi connectivity index (χ0n) is 14.4. The van der Waals surface area contributed by atoms with Crippen molar-refractivity contribution in [1.29, 1.82) is 0 Å². The predicted molar refractivity (Wildman–Crippen MR) is 94.3 cm³/mol. The van der Waals surface area contributed by atoms with Crippen LogP contribution in [0.5, 0.6) is 0 Å². The number of hydrogen-bond acceptors (Lipinski definition) is 4. The number of aromatic nitrogens is 1. The summed E-state index contributed by atoms with van der Waals surface area (Å²) in [4.78, 5) is 18.0. The lowest BCUT2D eigenvalue weighted by atomic mass is 10.1. The fraction of sp³-hybridized carbons (Fsp3) is 0.412. The van der Waals surface area contributed by atoms with Crippen LogP contribution in [-0.2, 0) is 6.42 Å². The van der Waals surface area contributed by atoms with E-state index in [1.54, 1.807) is 25.1 Å². The summed E-state index contributed by atoms with van der Waals surface area (Å²) in [5.74, 6) is -0.328. The number of alkyl halides is 2. The first kappa shape index (κ1) is 20.2. The topological polar surface area (TPSA) is 65.5 Å². The van der Waals surface area contributed by atoms with E-state index in [4.69, 9.17) is 0 Å². The van der Waals surface area contributed by atoms with Crippen molar-refractivity contribution >= 4 is 22.5 Å². The smallest absolute Gasteiger partial charge is 0.323 e. The Bertz CT molecular complexity index is 743. The van der Waals surface area contributed by atoms with Gasteiger partial charge in [-0.25, -0.2) is 22.9 Å². The number of nitrogens with zero attached hydrogens (tertiary/aromatic N) is 2. The van der Waals surface area contributed by atoms with Crippen molar-refractivity contribution in [3.63, 3.8) is 0 Å². The molecule has 0 aliphatic rings. The first-order valence-corrected chi connectivity index (χ1v) is 8.79. The highest BCUT2D eigenvalue weighted by Gasteiger charge is 2.21. The van der Waals surface area contributed by atoms with Gasteiger partial charge in [0.15, 0.2) is 5.13 Å². The molecular weight excluding hydrogens is 367 g/mol. The molecule has 5 nitrogen and oxygen atoms in total. The number of carbonyl (C=O) groups excluding carboxylic acids is 1. The normalized spacial score (nSPS) is 12.3. The van der Waals surface area contributed by atoms with Crippen molar-refractivity contribution in [2.45, 2.75) is 32.8 Å². The Labute approximate surface area is 153 Å². The molecule has 1 heterocycles. The molecule has 0 fully saturated rings. The number of benzene rings is 1. The third-order valence-electron chi connectivity index (χ3n) is 3.55. The molecule has 0 radical (unpaired) electrons. The van der Waals surface area contributed by atoms with Crippen molar-refractivity contribution in [1.82, 2.24) is 9.88 Å². The lowest BCUT2D eigenvalue weighted by molar-refractivity contribution is 0.0782. The number of hydrogen-bond donors (Lipinski definition) is 2. The van der Waals surface area contributed by atoms with Crippen LogP contribution >= 0.6 is 11.3 Å². The Hall–Kier alpha value is -2.13. The van der Waals surface area contributed by atoms with Gasteiger partial charge < -0.3 is 10.0 Å². The average molecular weight is 387 g/mol. The molecule has 0 saturated carbocycles. The van der Waals surface area contributed by atoms with E-state index in [1.165, 1.54) is 13.0 Å². The minimum absolute atomic E-state index is 0.220. The molecule has 2 N–H and O–H groups in total. The largest absolute Gasteiger partial charge is 0.392 e. The minimum Gasteiger partial charge on any atom is -0.392 e. The van der Waals surface area contributed by atoms with Crippen LogP contribution in [-0.4, -0.2) is 46.6 Å². The Morgan fingerprint density at radius 2 is 2.04 bits per heavy atom. The molecule has 142 valence electrons. The molecule has 2 amide bonds. The molecule has 1 aromatic heterocycles. The van der Waals surface area contributed by atoms with E-state index in [0.29, 0.717) is 17.7 Å². The van der Waals surface area contributed by atoms with Gasteiger partial charge in [0.1, 0.15) is 5.82 Å². The number of amides is 2. The Balaban J connectivity index is 2.09. The van der Waals surface area contributed by atoms with Crippen LogP contribution in [0.3, 0.4) is 0 Å². The van der Waals surface area contributed by atoms with Gasteiger partial charge in [-0.1, -0.05) is 18.2 Å². The van der Waals surface area contributed by atoms with E-state index in [2.05, 4.69) is 10.3 Å². The van der Waals surface area contributed by atoms with Gasteiger partial charge in [-0.2, -0.15) is 0 Å². The van der Waals surface area contributed by atoms with Crippen LogP contribution in [0.1, 0.15) is 23.1 Å². The summed E-state index contributed by atoms with van der Waals surface area (Å²) in [6.07, 6.45) is -3.33. The predicted octanol–water partition coefficient (Wildman–Crippen LogP) is 3.66. The monoisotopic (exact) mass is 387 g/mol. The van der Waals surface area contributed by atoms with Crippen molar-refractivity contribution in [2.24, 2.45) is 0 Å². The summed E-state index contributed by atoms with van der Waals surface area (Å²) < 4.78 is 39.0. The van der Waals surface area contributed by atoms with Gasteiger partial charge in [0.25, 0.3) is 6.43 Å². The van der Waals surface area contributed by atoms with E-state index < -0.39 is 25.1 Å². The molecule has 1 atom stereocenters. The second-order valence-corrected chi connectivity index (χ2v) is 6.95. The maximum Gasteiger partial charge on any atom is 0.323 e. The standard InChI is InChI=1S/C17H20F3N3O2S/c1-10(24)8-23(9-15(19)20)17(25)22-16-21-11(2)14(26-16)7-12-5-3-4-6-13(12)18/h3-6,10,15,24H,7-9H2,1-2H3,(H,21,22,25). The third kappa shape index (κ3) is 5.70. The first-order chi connectivity index (χ1) is 12.3. The van der Waals surface area contributed by atoms with E-state index in [0.717, 1.165) is 21.1 Å². The SMILES string of the molecule is Cc1nc(NC(=O)N(CC(C)O)CC(F)F)sc1Cc1ccccc1F. The van der Waals surface area contributed by atoms with Crippen molar-refractivity contribution < 1.29 is 23.1 Å². The number of aryl methyl sites for hydroxylation is 1. The lowest BCUT2D eigenvalue weighted by Gasteiger charge is -2.23. The number of thiazole rings is 1. The molecule has 1 aromatic carbocycles. The average Bonchev–Trinajstić information content (AvgIpc) is 2.87. The summed E-state index contributed by atoms with van der Waals surface area (Å²) in [6.45, 7) is 2.13. The van der Waals surface area contributed by atoms with E-state index in [1.807, 2.05) is 0 Å². The Kier molecular flexibility index (Phi) is 6.98. The fourth-order valence-corrected chi connectivity index (χ4v) is 3.33. The van der Waals surface area contributed by atoms with E-state index >= 15 is 0 Å². The molecule has 0 saturated heterocycles. The van der Waals surface area contributed by atoms with Crippen LogP contribution in [0, 0.1) is 12.7 Å². The summed E-state index contributed by atoms with van der Waals surface area (Å²) in [7, 11) is 0. The molecule has 26 heavy (non-hydrogen) atoms. The number of nitrogens with one attached hydrogen (secondary N) is 1. The van der Waals surface area contributed by atoms with Crippen molar-refractivity contribution in [2.75, 3.05) is 18.4 Å². The lowest BCUT2D eigenvalue weighted by Crippen LogP contribution is -2.42. The van der Waals surface area contributed by atoms with E-state index in [9.17, 15) is 23.1 Å². The van der Waals surface area contributed by atoms with Gasteiger partial charge in [0, 0.05) is 17.8 Å². The molecule has 0 spiro atoms. The highest BCUT2D eigenvalue weighted by atomic mass is 32.1. The second-order valence-electron chi connectivity index (χ2n) is 5.87. The fourth-order valence-electron chi connectivity index (χ4n) is 2.36. The molecule has 2 aromatic rings. The van der Waals surface area contributed by atoms with Crippen molar-refractivity contribution in [3.05, 3.63) is 46.2 Å². The Morgan fingerprint density at radius 1 is 1.35 bits per heavy atom. The van der Waals surface area contributed by atoms with Crippen LogP contribution in [0.2, 0.25) is 0 Å². The van der Waals surface area contributed by atoms with E-state index in [-0.39, 0.29) is 17.5 Å². The quantitative estimate of drug-likeness (QED) is 0.762. The van der Waals surface area contributed by atoms with Gasteiger partial charge in [0.05, 0.1) is 18.3 Å². The molecule has 0 aliphatic carbocycles. The summed E-state index contributed by atoms with van der Waals surface area (Å²) in [5, 5.41) is 12.1. The van der Waals surface area contributed by atoms with Gasteiger partial charge >= 0.3 is 6.03 Å². The van der Waals surface area contributed by atoms with Gasteiger partial charge in [-0.3, -0.25) is 5.32 Å². The molecule has 1 unspecified atom stereocenters. The van der Waals surface area contributed by atoms with Crippen LogP contribution in [0.15, 0.2) is 24.3 Å².